The van der Waals surface area contributed by atoms with Gasteiger partial charge in [0, 0.05) is 37.4 Å². The third-order valence-electron chi connectivity index (χ3n) is 3.44. The molecule has 0 bridgehead atoms. The van der Waals surface area contributed by atoms with Crippen LogP contribution in [0.4, 0.5) is 10.5 Å². The number of hydrogen-bond acceptors (Lipinski definition) is 3. The number of aromatic nitrogens is 1. The van der Waals surface area contributed by atoms with Gasteiger partial charge >= 0.3 is 6.03 Å². The molecule has 6 nitrogen and oxygen atoms in total. The monoisotopic (exact) mass is 296 g/mol. The minimum Gasteiger partial charge on any atom is -0.378 e. The van der Waals surface area contributed by atoms with Gasteiger partial charge in [0.2, 0.25) is 0 Å². The summed E-state index contributed by atoms with van der Waals surface area (Å²) in [5.41, 5.74) is 3.14. The van der Waals surface area contributed by atoms with E-state index in [1.807, 2.05) is 66.2 Å². The van der Waals surface area contributed by atoms with E-state index in [4.69, 9.17) is 0 Å². The topological polar surface area (TPSA) is 66.4 Å². The molecule has 6 heteroatoms. The van der Waals surface area contributed by atoms with E-state index in [1.54, 1.807) is 6.08 Å². The smallest absolute Gasteiger partial charge is 0.326 e. The van der Waals surface area contributed by atoms with Gasteiger partial charge in [-0.1, -0.05) is 0 Å². The Kier molecular flexibility index (Phi) is 3.42. The average molecular weight is 296 g/mol. The molecule has 0 saturated carbocycles. The first kappa shape index (κ1) is 13.9. The van der Waals surface area contributed by atoms with Gasteiger partial charge in [-0.25, -0.2) is 4.79 Å². The molecule has 1 aliphatic rings. The van der Waals surface area contributed by atoms with E-state index in [-0.39, 0.29) is 5.70 Å². The zero-order valence-electron chi connectivity index (χ0n) is 12.3. The van der Waals surface area contributed by atoms with Crippen LogP contribution in [0.2, 0.25) is 0 Å². The van der Waals surface area contributed by atoms with Crippen molar-refractivity contribution >= 4 is 23.7 Å². The van der Waals surface area contributed by atoms with Crippen LogP contribution in [0.1, 0.15) is 5.69 Å². The molecule has 0 spiro atoms. The second-order valence-corrected chi connectivity index (χ2v) is 5.18. The lowest BCUT2D eigenvalue weighted by Crippen LogP contribution is -2.22. The Bertz CT molecular complexity index is 757. The van der Waals surface area contributed by atoms with Crippen LogP contribution in [0, 0.1) is 0 Å². The summed E-state index contributed by atoms with van der Waals surface area (Å²) in [6, 6.07) is 11.3. The molecule has 22 heavy (non-hydrogen) atoms. The molecule has 2 aromatic rings. The lowest BCUT2D eigenvalue weighted by atomic mass is 10.2. The number of carbonyl (C=O) groups excluding carboxylic acids is 2. The van der Waals surface area contributed by atoms with Gasteiger partial charge in [0.1, 0.15) is 5.70 Å². The molecule has 1 aromatic carbocycles. The molecule has 1 aliphatic heterocycles. The third kappa shape index (κ3) is 2.58. The van der Waals surface area contributed by atoms with Gasteiger partial charge < -0.3 is 14.8 Å². The van der Waals surface area contributed by atoms with Gasteiger partial charge in [-0.15, -0.1) is 0 Å². The molecule has 0 radical (unpaired) electrons. The number of nitrogens with one attached hydrogen (secondary N) is 2. The molecule has 0 atom stereocenters. The fourth-order valence-electron chi connectivity index (χ4n) is 2.29. The Morgan fingerprint density at radius 1 is 1.05 bits per heavy atom. The quantitative estimate of drug-likeness (QED) is 0.669. The molecule has 2 heterocycles. The van der Waals surface area contributed by atoms with Crippen LogP contribution in [-0.4, -0.2) is 30.6 Å². The van der Waals surface area contributed by atoms with Crippen LogP contribution < -0.4 is 15.5 Å². The van der Waals surface area contributed by atoms with Crippen LogP contribution >= 0.6 is 0 Å². The van der Waals surface area contributed by atoms with Crippen LogP contribution in [0.5, 0.6) is 0 Å². The summed E-state index contributed by atoms with van der Waals surface area (Å²) in [5.74, 6) is -0.416. The summed E-state index contributed by atoms with van der Waals surface area (Å²) in [7, 11) is 3.98. The predicted molar refractivity (Wildman–Crippen MR) is 84.7 cm³/mol. The summed E-state index contributed by atoms with van der Waals surface area (Å²) < 4.78 is 1.95. The van der Waals surface area contributed by atoms with E-state index in [0.717, 1.165) is 17.1 Å². The number of anilines is 1. The van der Waals surface area contributed by atoms with Gasteiger partial charge in [-0.2, -0.15) is 0 Å². The molecule has 3 amide bonds. The first-order chi connectivity index (χ1) is 10.5. The molecule has 1 fully saturated rings. The summed E-state index contributed by atoms with van der Waals surface area (Å²) in [5, 5.41) is 4.67. The minimum atomic E-state index is -0.496. The highest BCUT2D eigenvalue weighted by molar-refractivity contribution is 6.13. The van der Waals surface area contributed by atoms with Crippen LogP contribution in [-0.2, 0) is 4.79 Å². The van der Waals surface area contributed by atoms with Crippen molar-refractivity contribution in [3.05, 3.63) is 54.0 Å². The van der Waals surface area contributed by atoms with Crippen molar-refractivity contribution in [2.24, 2.45) is 0 Å². The number of benzene rings is 1. The van der Waals surface area contributed by atoms with Crippen molar-refractivity contribution in [3.63, 3.8) is 0 Å². The lowest BCUT2D eigenvalue weighted by molar-refractivity contribution is -0.115. The second-order valence-electron chi connectivity index (χ2n) is 5.18. The van der Waals surface area contributed by atoms with E-state index >= 15 is 0 Å². The van der Waals surface area contributed by atoms with Crippen LogP contribution in [0.3, 0.4) is 0 Å². The maximum atomic E-state index is 11.6. The van der Waals surface area contributed by atoms with Gasteiger partial charge in [0.05, 0.1) is 0 Å². The largest absolute Gasteiger partial charge is 0.378 e. The third-order valence-corrected chi connectivity index (χ3v) is 3.44. The Labute approximate surface area is 128 Å². The Morgan fingerprint density at radius 2 is 1.77 bits per heavy atom. The zero-order chi connectivity index (χ0) is 15.7. The summed E-state index contributed by atoms with van der Waals surface area (Å²) in [4.78, 5) is 24.8. The minimum absolute atomic E-state index is 0.245. The number of hydrogen-bond donors (Lipinski definition) is 2. The number of imide groups is 1. The summed E-state index contributed by atoms with van der Waals surface area (Å²) in [6.45, 7) is 0. The molecule has 1 aromatic heterocycles. The zero-order valence-corrected chi connectivity index (χ0v) is 12.3. The van der Waals surface area contributed by atoms with E-state index in [0.29, 0.717) is 0 Å². The number of amides is 3. The molecule has 0 unspecified atom stereocenters. The Morgan fingerprint density at radius 3 is 2.36 bits per heavy atom. The van der Waals surface area contributed by atoms with Gasteiger partial charge in [-0.3, -0.25) is 10.1 Å². The van der Waals surface area contributed by atoms with Gasteiger partial charge in [0.15, 0.2) is 0 Å². The molecule has 0 aliphatic carbocycles. The number of nitrogens with zero attached hydrogens (tertiary/aromatic N) is 2. The van der Waals surface area contributed by atoms with Gasteiger partial charge in [-0.05, 0) is 42.5 Å². The van der Waals surface area contributed by atoms with Crippen molar-refractivity contribution in [3.8, 4) is 5.69 Å². The van der Waals surface area contributed by atoms with Crippen molar-refractivity contribution in [1.29, 1.82) is 0 Å². The Hall–Kier alpha value is -3.02. The first-order valence-corrected chi connectivity index (χ1v) is 6.84. The molecular weight excluding hydrogens is 280 g/mol. The number of rotatable bonds is 3. The van der Waals surface area contributed by atoms with Crippen molar-refractivity contribution in [2.45, 2.75) is 0 Å². The average Bonchev–Trinajstić information content (AvgIpc) is 3.06. The molecule has 112 valence electrons. The van der Waals surface area contributed by atoms with E-state index in [9.17, 15) is 9.59 Å². The molecular formula is C16H16N4O2. The van der Waals surface area contributed by atoms with Crippen LogP contribution in [0.25, 0.3) is 11.8 Å². The molecule has 1 saturated heterocycles. The first-order valence-electron chi connectivity index (χ1n) is 6.84. The fraction of sp³-hybridized carbons (Fsp3) is 0.125. The van der Waals surface area contributed by atoms with E-state index < -0.39 is 11.9 Å². The van der Waals surface area contributed by atoms with Crippen molar-refractivity contribution in [1.82, 2.24) is 15.2 Å². The van der Waals surface area contributed by atoms with Crippen molar-refractivity contribution < 1.29 is 9.59 Å². The number of carbonyl (C=O) groups is 2. The highest BCUT2D eigenvalue weighted by Crippen LogP contribution is 2.19. The lowest BCUT2D eigenvalue weighted by Gasteiger charge is -2.13. The maximum Gasteiger partial charge on any atom is 0.326 e. The van der Waals surface area contributed by atoms with Gasteiger partial charge in [0.25, 0.3) is 5.91 Å². The molecule has 2 N–H and O–H groups in total. The fourth-order valence-corrected chi connectivity index (χ4v) is 2.29. The number of urea groups is 1. The predicted octanol–water partition coefficient (Wildman–Crippen LogP) is 1.72. The standard InChI is InChI=1S/C16H16N4O2/c1-19(2)11-5-7-12(8-6-11)20-9-3-4-13(20)10-14-15(21)18-16(22)17-14/h3-10H,1-2H3,(H2,17,18,21,22)/b14-10+. The SMILES string of the molecule is CN(C)c1ccc(-n2cccc2/C=C2/NC(=O)NC2=O)cc1. The van der Waals surface area contributed by atoms with E-state index in [2.05, 4.69) is 10.6 Å². The maximum absolute atomic E-state index is 11.6. The van der Waals surface area contributed by atoms with Crippen molar-refractivity contribution in [2.75, 3.05) is 19.0 Å². The highest BCUT2D eigenvalue weighted by atomic mass is 16.2. The van der Waals surface area contributed by atoms with E-state index in [1.165, 1.54) is 0 Å². The normalized spacial score (nSPS) is 15.8. The summed E-state index contributed by atoms with van der Waals surface area (Å²) in [6.07, 6.45) is 3.56. The van der Waals surface area contributed by atoms with Crippen LogP contribution in [0.15, 0.2) is 48.3 Å². The molecule has 3 rings (SSSR count). The second kappa shape index (κ2) is 5.40. The highest BCUT2D eigenvalue weighted by Gasteiger charge is 2.23. The Balaban J connectivity index is 1.94. The summed E-state index contributed by atoms with van der Waals surface area (Å²) >= 11 is 0.